The zero-order valence-corrected chi connectivity index (χ0v) is 10.7. The van der Waals surface area contributed by atoms with Crippen molar-refractivity contribution in [2.24, 2.45) is 5.92 Å². The highest BCUT2D eigenvalue weighted by Crippen LogP contribution is 2.23. The van der Waals surface area contributed by atoms with Crippen LogP contribution in [0, 0.1) is 5.92 Å². The summed E-state index contributed by atoms with van der Waals surface area (Å²) in [6.07, 6.45) is -0.145. The Balaban J connectivity index is 2.91. The average molecular weight is 237 g/mol. The van der Waals surface area contributed by atoms with Crippen LogP contribution in [0.4, 0.5) is 5.69 Å². The molecule has 94 valence electrons. The van der Waals surface area contributed by atoms with E-state index in [4.69, 9.17) is 15.2 Å². The second-order valence-electron chi connectivity index (χ2n) is 4.31. The third kappa shape index (κ3) is 3.37. The third-order valence-corrected chi connectivity index (χ3v) is 2.68. The first-order chi connectivity index (χ1) is 7.95. The highest BCUT2D eigenvalue weighted by atomic mass is 16.5. The maximum Gasteiger partial charge on any atom is 0.342 e. The Kier molecular flexibility index (Phi) is 4.37. The molecule has 2 N–H and O–H groups in total. The van der Waals surface area contributed by atoms with Gasteiger partial charge in [-0.2, -0.15) is 0 Å². The molecule has 0 radical (unpaired) electrons. The van der Waals surface area contributed by atoms with Gasteiger partial charge in [0.25, 0.3) is 0 Å². The number of methoxy groups -OCH3 is 1. The van der Waals surface area contributed by atoms with Gasteiger partial charge in [-0.05, 0) is 31.0 Å². The Morgan fingerprint density at radius 2 is 1.94 bits per heavy atom. The molecule has 4 heteroatoms. The van der Waals surface area contributed by atoms with Crippen molar-refractivity contribution in [3.8, 4) is 5.75 Å². The van der Waals surface area contributed by atoms with E-state index in [1.54, 1.807) is 18.2 Å². The van der Waals surface area contributed by atoms with E-state index in [0.717, 1.165) is 0 Å². The SMILES string of the molecule is COc1ccc(N)cc1C(=O)OC(C)C(C)C. The minimum absolute atomic E-state index is 0.145. The maximum atomic E-state index is 11.9. The number of carbonyl (C=O) groups is 1. The molecule has 0 saturated carbocycles. The Bertz CT molecular complexity index is 402. The van der Waals surface area contributed by atoms with Gasteiger partial charge in [0.2, 0.25) is 0 Å². The smallest absolute Gasteiger partial charge is 0.342 e. The lowest BCUT2D eigenvalue weighted by Crippen LogP contribution is -2.20. The van der Waals surface area contributed by atoms with Crippen molar-refractivity contribution in [1.29, 1.82) is 0 Å². The van der Waals surface area contributed by atoms with Crippen molar-refractivity contribution in [2.75, 3.05) is 12.8 Å². The van der Waals surface area contributed by atoms with Crippen LogP contribution in [0.5, 0.6) is 5.75 Å². The lowest BCUT2D eigenvalue weighted by atomic mass is 10.1. The van der Waals surface area contributed by atoms with Gasteiger partial charge in [-0.25, -0.2) is 4.79 Å². The molecule has 0 bridgehead atoms. The van der Waals surface area contributed by atoms with Gasteiger partial charge in [0.05, 0.1) is 7.11 Å². The first kappa shape index (κ1) is 13.4. The van der Waals surface area contributed by atoms with Gasteiger partial charge in [0, 0.05) is 5.69 Å². The molecule has 0 fully saturated rings. The molecule has 0 aliphatic heterocycles. The zero-order valence-electron chi connectivity index (χ0n) is 10.7. The summed E-state index contributed by atoms with van der Waals surface area (Å²) in [7, 11) is 1.51. The van der Waals surface area contributed by atoms with Crippen LogP contribution >= 0.6 is 0 Å². The quantitative estimate of drug-likeness (QED) is 0.645. The van der Waals surface area contributed by atoms with Crippen molar-refractivity contribution >= 4 is 11.7 Å². The second-order valence-corrected chi connectivity index (χ2v) is 4.31. The minimum atomic E-state index is -0.407. The van der Waals surface area contributed by atoms with Gasteiger partial charge in [0.1, 0.15) is 17.4 Å². The highest BCUT2D eigenvalue weighted by Gasteiger charge is 2.18. The Morgan fingerprint density at radius 1 is 1.29 bits per heavy atom. The summed E-state index contributed by atoms with van der Waals surface area (Å²) in [5.41, 5.74) is 6.52. The fourth-order valence-electron chi connectivity index (χ4n) is 1.25. The molecule has 1 aromatic carbocycles. The summed E-state index contributed by atoms with van der Waals surface area (Å²) in [5, 5.41) is 0. The Labute approximate surface area is 102 Å². The number of hydrogen-bond acceptors (Lipinski definition) is 4. The topological polar surface area (TPSA) is 61.5 Å². The van der Waals surface area contributed by atoms with Crippen LogP contribution in [0.25, 0.3) is 0 Å². The average Bonchev–Trinajstić information content (AvgIpc) is 2.28. The summed E-state index contributed by atoms with van der Waals surface area (Å²) in [6, 6.07) is 4.90. The van der Waals surface area contributed by atoms with Gasteiger partial charge in [-0.1, -0.05) is 13.8 Å². The van der Waals surface area contributed by atoms with Gasteiger partial charge >= 0.3 is 5.97 Å². The monoisotopic (exact) mass is 237 g/mol. The summed E-state index contributed by atoms with van der Waals surface area (Å²) < 4.78 is 10.4. The largest absolute Gasteiger partial charge is 0.496 e. The van der Waals surface area contributed by atoms with E-state index in [0.29, 0.717) is 17.0 Å². The third-order valence-electron chi connectivity index (χ3n) is 2.68. The molecule has 1 rings (SSSR count). The lowest BCUT2D eigenvalue weighted by molar-refractivity contribution is 0.0235. The molecule has 0 spiro atoms. The predicted molar refractivity (Wildman–Crippen MR) is 67.1 cm³/mol. The van der Waals surface area contributed by atoms with E-state index in [2.05, 4.69) is 0 Å². The molecule has 17 heavy (non-hydrogen) atoms. The van der Waals surface area contributed by atoms with E-state index in [1.807, 2.05) is 20.8 Å². The summed E-state index contributed by atoms with van der Waals surface area (Å²) in [5.74, 6) is 0.335. The van der Waals surface area contributed by atoms with Crippen LogP contribution in [0.3, 0.4) is 0 Å². The second kappa shape index (κ2) is 5.57. The number of esters is 1. The molecular formula is C13H19NO3. The first-order valence-corrected chi connectivity index (χ1v) is 5.60. The molecule has 1 atom stereocenters. The van der Waals surface area contributed by atoms with Crippen molar-refractivity contribution in [3.63, 3.8) is 0 Å². The number of anilines is 1. The molecule has 0 aromatic heterocycles. The van der Waals surface area contributed by atoms with Gasteiger partial charge in [-0.15, -0.1) is 0 Å². The van der Waals surface area contributed by atoms with Crippen molar-refractivity contribution in [3.05, 3.63) is 23.8 Å². The van der Waals surface area contributed by atoms with Crippen LogP contribution in [0.1, 0.15) is 31.1 Å². The molecule has 1 aromatic rings. The highest BCUT2D eigenvalue weighted by molar-refractivity contribution is 5.93. The lowest BCUT2D eigenvalue weighted by Gasteiger charge is -2.17. The van der Waals surface area contributed by atoms with E-state index in [1.165, 1.54) is 7.11 Å². The van der Waals surface area contributed by atoms with Crippen LogP contribution < -0.4 is 10.5 Å². The van der Waals surface area contributed by atoms with Crippen LogP contribution in [-0.4, -0.2) is 19.2 Å². The first-order valence-electron chi connectivity index (χ1n) is 5.60. The van der Waals surface area contributed by atoms with Gasteiger partial charge in [-0.3, -0.25) is 0 Å². The molecule has 1 unspecified atom stereocenters. The van der Waals surface area contributed by atoms with Crippen molar-refractivity contribution in [1.82, 2.24) is 0 Å². The fraction of sp³-hybridized carbons (Fsp3) is 0.462. The molecule has 0 aliphatic carbocycles. The van der Waals surface area contributed by atoms with Gasteiger partial charge < -0.3 is 15.2 Å². The number of benzene rings is 1. The minimum Gasteiger partial charge on any atom is -0.496 e. The van der Waals surface area contributed by atoms with Crippen molar-refractivity contribution in [2.45, 2.75) is 26.9 Å². The predicted octanol–water partition coefficient (Wildman–Crippen LogP) is 2.48. The zero-order chi connectivity index (χ0) is 13.0. The van der Waals surface area contributed by atoms with E-state index >= 15 is 0 Å². The fourth-order valence-corrected chi connectivity index (χ4v) is 1.25. The number of ether oxygens (including phenoxy) is 2. The number of rotatable bonds is 4. The van der Waals surface area contributed by atoms with Crippen LogP contribution in [0.15, 0.2) is 18.2 Å². The number of hydrogen-bond donors (Lipinski definition) is 1. The van der Waals surface area contributed by atoms with Gasteiger partial charge in [0.15, 0.2) is 0 Å². The van der Waals surface area contributed by atoms with Crippen LogP contribution in [0.2, 0.25) is 0 Å². The molecular weight excluding hydrogens is 218 g/mol. The molecule has 0 saturated heterocycles. The summed E-state index contributed by atoms with van der Waals surface area (Å²) in [4.78, 5) is 11.9. The van der Waals surface area contributed by atoms with Crippen molar-refractivity contribution < 1.29 is 14.3 Å². The standard InChI is InChI=1S/C13H19NO3/c1-8(2)9(3)17-13(15)11-7-10(14)5-6-12(11)16-4/h5-9H,14H2,1-4H3. The number of nitrogen functional groups attached to an aromatic ring is 1. The maximum absolute atomic E-state index is 11.9. The molecule has 4 nitrogen and oxygen atoms in total. The molecule has 0 amide bonds. The number of nitrogens with two attached hydrogens (primary N) is 1. The Morgan fingerprint density at radius 3 is 2.47 bits per heavy atom. The number of carbonyl (C=O) groups excluding carboxylic acids is 1. The summed E-state index contributed by atoms with van der Waals surface area (Å²) >= 11 is 0. The van der Waals surface area contributed by atoms with E-state index in [9.17, 15) is 4.79 Å². The van der Waals surface area contributed by atoms with E-state index < -0.39 is 5.97 Å². The summed E-state index contributed by atoms with van der Waals surface area (Å²) in [6.45, 7) is 5.85. The normalized spacial score (nSPS) is 12.3. The Hall–Kier alpha value is -1.71. The molecule has 0 heterocycles. The molecule has 0 aliphatic rings. The van der Waals surface area contributed by atoms with E-state index in [-0.39, 0.29) is 12.0 Å². The van der Waals surface area contributed by atoms with Crippen LogP contribution in [-0.2, 0) is 4.74 Å².